The van der Waals surface area contributed by atoms with Gasteiger partial charge in [-0.15, -0.1) is 0 Å². The van der Waals surface area contributed by atoms with Crippen molar-refractivity contribution in [3.63, 3.8) is 0 Å². The largest absolute Gasteiger partial charge is 0.329 e. The van der Waals surface area contributed by atoms with E-state index in [9.17, 15) is 0 Å². The standard InChI is InChI=1S/C7H14N4/c1-9-7(3-8)6-4-10-11(2)5-6/h4-5,7,9H,3,8H2,1-2H3. The number of hydrogen-bond acceptors (Lipinski definition) is 3. The van der Waals surface area contributed by atoms with Gasteiger partial charge in [0.15, 0.2) is 0 Å². The van der Waals surface area contributed by atoms with Crippen LogP contribution in [0.1, 0.15) is 11.6 Å². The van der Waals surface area contributed by atoms with E-state index in [-0.39, 0.29) is 6.04 Å². The lowest BCUT2D eigenvalue weighted by atomic mass is 10.2. The minimum atomic E-state index is 0.226. The molecular weight excluding hydrogens is 140 g/mol. The van der Waals surface area contributed by atoms with Gasteiger partial charge in [-0.25, -0.2) is 0 Å². The third kappa shape index (κ3) is 1.78. The molecule has 0 saturated carbocycles. The average Bonchev–Trinajstić information content (AvgIpc) is 2.39. The van der Waals surface area contributed by atoms with Crippen molar-refractivity contribution in [2.24, 2.45) is 12.8 Å². The second kappa shape index (κ2) is 3.50. The van der Waals surface area contributed by atoms with Crippen molar-refractivity contribution in [2.45, 2.75) is 6.04 Å². The van der Waals surface area contributed by atoms with Crippen LogP contribution in [-0.2, 0) is 7.05 Å². The molecule has 0 aliphatic heterocycles. The first kappa shape index (κ1) is 8.23. The SMILES string of the molecule is CNC(CN)c1cnn(C)c1. The molecule has 1 atom stereocenters. The summed E-state index contributed by atoms with van der Waals surface area (Å²) in [6.45, 7) is 0.599. The van der Waals surface area contributed by atoms with E-state index in [2.05, 4.69) is 10.4 Å². The van der Waals surface area contributed by atoms with Gasteiger partial charge in [0.05, 0.1) is 6.20 Å². The number of rotatable bonds is 3. The Balaban J connectivity index is 2.73. The Morgan fingerprint density at radius 2 is 2.55 bits per heavy atom. The Morgan fingerprint density at radius 1 is 1.82 bits per heavy atom. The molecule has 1 aromatic heterocycles. The highest BCUT2D eigenvalue weighted by Crippen LogP contribution is 2.08. The fourth-order valence-corrected chi connectivity index (χ4v) is 1.04. The number of nitrogens with zero attached hydrogens (tertiary/aromatic N) is 2. The van der Waals surface area contributed by atoms with Gasteiger partial charge in [-0.3, -0.25) is 4.68 Å². The summed E-state index contributed by atoms with van der Waals surface area (Å²) in [6.07, 6.45) is 3.79. The number of likely N-dealkylation sites (N-methyl/N-ethyl adjacent to an activating group) is 1. The first-order valence-electron chi connectivity index (χ1n) is 3.63. The summed E-state index contributed by atoms with van der Waals surface area (Å²) in [4.78, 5) is 0. The molecule has 0 aliphatic carbocycles. The lowest BCUT2D eigenvalue weighted by Gasteiger charge is -2.09. The highest BCUT2D eigenvalue weighted by atomic mass is 15.2. The minimum absolute atomic E-state index is 0.226. The van der Waals surface area contributed by atoms with Gasteiger partial charge in [-0.05, 0) is 7.05 Å². The van der Waals surface area contributed by atoms with Crippen molar-refractivity contribution in [3.8, 4) is 0 Å². The summed E-state index contributed by atoms with van der Waals surface area (Å²) < 4.78 is 1.77. The fraction of sp³-hybridized carbons (Fsp3) is 0.571. The quantitative estimate of drug-likeness (QED) is 0.625. The van der Waals surface area contributed by atoms with Crippen molar-refractivity contribution >= 4 is 0 Å². The van der Waals surface area contributed by atoms with Gasteiger partial charge < -0.3 is 11.1 Å². The number of nitrogens with one attached hydrogen (secondary N) is 1. The van der Waals surface area contributed by atoms with Crippen LogP contribution >= 0.6 is 0 Å². The highest BCUT2D eigenvalue weighted by molar-refractivity contribution is 5.10. The lowest BCUT2D eigenvalue weighted by molar-refractivity contribution is 0.605. The Bertz CT molecular complexity index is 214. The molecule has 0 fully saturated rings. The van der Waals surface area contributed by atoms with Gasteiger partial charge in [0.2, 0.25) is 0 Å². The smallest absolute Gasteiger partial charge is 0.0538 e. The third-order valence-electron chi connectivity index (χ3n) is 1.71. The minimum Gasteiger partial charge on any atom is -0.329 e. The van der Waals surface area contributed by atoms with Gasteiger partial charge >= 0.3 is 0 Å². The van der Waals surface area contributed by atoms with E-state index in [1.54, 1.807) is 4.68 Å². The van der Waals surface area contributed by atoms with E-state index in [0.717, 1.165) is 5.56 Å². The van der Waals surface area contributed by atoms with Gasteiger partial charge in [0.1, 0.15) is 0 Å². The molecule has 0 spiro atoms. The molecular formula is C7H14N4. The van der Waals surface area contributed by atoms with Gasteiger partial charge in [0.25, 0.3) is 0 Å². The number of aryl methyl sites for hydroxylation is 1. The predicted molar refractivity (Wildman–Crippen MR) is 44.1 cm³/mol. The van der Waals surface area contributed by atoms with E-state index in [1.807, 2.05) is 26.5 Å². The maximum absolute atomic E-state index is 5.53. The molecule has 0 amide bonds. The molecule has 0 aromatic carbocycles. The molecule has 11 heavy (non-hydrogen) atoms. The summed E-state index contributed by atoms with van der Waals surface area (Å²) in [6, 6.07) is 0.226. The average molecular weight is 154 g/mol. The molecule has 62 valence electrons. The molecule has 4 heteroatoms. The van der Waals surface area contributed by atoms with Crippen LogP contribution in [0.2, 0.25) is 0 Å². The molecule has 3 N–H and O–H groups in total. The van der Waals surface area contributed by atoms with Crippen LogP contribution in [0.25, 0.3) is 0 Å². The normalized spacial score (nSPS) is 13.4. The number of nitrogens with two attached hydrogens (primary N) is 1. The second-order valence-electron chi connectivity index (χ2n) is 2.52. The molecule has 0 saturated heterocycles. The van der Waals surface area contributed by atoms with Crippen LogP contribution in [0.5, 0.6) is 0 Å². The van der Waals surface area contributed by atoms with Crippen LogP contribution in [0.3, 0.4) is 0 Å². The molecule has 0 aliphatic rings. The maximum atomic E-state index is 5.53. The highest BCUT2D eigenvalue weighted by Gasteiger charge is 2.07. The number of aromatic nitrogens is 2. The lowest BCUT2D eigenvalue weighted by Crippen LogP contribution is -2.24. The van der Waals surface area contributed by atoms with Crippen LogP contribution in [0.4, 0.5) is 0 Å². The van der Waals surface area contributed by atoms with Gasteiger partial charge in [-0.2, -0.15) is 5.10 Å². The molecule has 1 heterocycles. The van der Waals surface area contributed by atoms with Crippen molar-refractivity contribution in [2.75, 3.05) is 13.6 Å². The van der Waals surface area contributed by atoms with Crippen LogP contribution in [0.15, 0.2) is 12.4 Å². The number of hydrogen-bond donors (Lipinski definition) is 2. The zero-order valence-electron chi connectivity index (χ0n) is 6.91. The van der Waals surface area contributed by atoms with Crippen molar-refractivity contribution in [3.05, 3.63) is 18.0 Å². The van der Waals surface area contributed by atoms with E-state index in [4.69, 9.17) is 5.73 Å². The maximum Gasteiger partial charge on any atom is 0.0538 e. The molecule has 1 aromatic rings. The predicted octanol–water partition coefficient (Wildman–Crippen LogP) is -0.361. The Morgan fingerprint density at radius 3 is 2.91 bits per heavy atom. The van der Waals surface area contributed by atoms with Gasteiger partial charge in [0, 0.05) is 31.4 Å². The van der Waals surface area contributed by atoms with E-state index in [1.165, 1.54) is 0 Å². The van der Waals surface area contributed by atoms with Crippen LogP contribution in [0, 0.1) is 0 Å². The Hall–Kier alpha value is -0.870. The summed E-state index contributed by atoms with van der Waals surface area (Å²) in [5.41, 5.74) is 6.66. The summed E-state index contributed by atoms with van der Waals surface area (Å²) in [5.74, 6) is 0. The summed E-state index contributed by atoms with van der Waals surface area (Å²) in [7, 11) is 3.79. The Kier molecular flexibility index (Phi) is 2.62. The van der Waals surface area contributed by atoms with Crippen LogP contribution < -0.4 is 11.1 Å². The van der Waals surface area contributed by atoms with E-state index in [0.29, 0.717) is 6.54 Å². The van der Waals surface area contributed by atoms with E-state index >= 15 is 0 Å². The zero-order valence-corrected chi connectivity index (χ0v) is 6.91. The fourth-order valence-electron chi connectivity index (χ4n) is 1.04. The zero-order chi connectivity index (χ0) is 8.27. The van der Waals surface area contributed by atoms with Crippen molar-refractivity contribution in [1.82, 2.24) is 15.1 Å². The summed E-state index contributed by atoms with van der Waals surface area (Å²) in [5, 5.41) is 7.16. The molecule has 0 bridgehead atoms. The molecule has 1 unspecified atom stereocenters. The monoisotopic (exact) mass is 154 g/mol. The second-order valence-corrected chi connectivity index (χ2v) is 2.52. The Labute approximate surface area is 66.4 Å². The van der Waals surface area contributed by atoms with Crippen molar-refractivity contribution in [1.29, 1.82) is 0 Å². The third-order valence-corrected chi connectivity index (χ3v) is 1.71. The van der Waals surface area contributed by atoms with Crippen molar-refractivity contribution < 1.29 is 0 Å². The van der Waals surface area contributed by atoms with E-state index < -0.39 is 0 Å². The first-order valence-corrected chi connectivity index (χ1v) is 3.63. The summed E-state index contributed by atoms with van der Waals surface area (Å²) >= 11 is 0. The van der Waals surface area contributed by atoms with Crippen LogP contribution in [-0.4, -0.2) is 23.4 Å². The molecule has 1 rings (SSSR count). The topological polar surface area (TPSA) is 55.9 Å². The molecule has 4 nitrogen and oxygen atoms in total. The first-order chi connectivity index (χ1) is 5.27. The molecule has 0 radical (unpaired) electrons. The van der Waals surface area contributed by atoms with Gasteiger partial charge in [-0.1, -0.05) is 0 Å².